The third-order valence-corrected chi connectivity index (χ3v) is 2.75. The lowest BCUT2D eigenvalue weighted by Crippen LogP contribution is -2.51. The van der Waals surface area contributed by atoms with Gasteiger partial charge in [-0.05, 0) is 33.8 Å². The van der Waals surface area contributed by atoms with Gasteiger partial charge in [0.15, 0.2) is 0 Å². The van der Waals surface area contributed by atoms with Crippen molar-refractivity contribution in [3.63, 3.8) is 0 Å². The number of ether oxygens (including phenoxy) is 1. The molecule has 2 aliphatic rings. The molecule has 0 aliphatic carbocycles. The van der Waals surface area contributed by atoms with Gasteiger partial charge in [-0.25, -0.2) is 10.2 Å². The molecule has 2 heterocycles. The molecule has 1 N–H and O–H groups in total. The van der Waals surface area contributed by atoms with E-state index < -0.39 is 5.60 Å². The van der Waals surface area contributed by atoms with E-state index in [1.807, 2.05) is 34.6 Å². The van der Waals surface area contributed by atoms with Crippen molar-refractivity contribution < 1.29 is 9.53 Å². The lowest BCUT2D eigenvalue weighted by atomic mass is 10.2. The van der Waals surface area contributed by atoms with E-state index in [1.54, 1.807) is 4.90 Å². The predicted octanol–water partition coefficient (Wildman–Crippen LogP) is 2.36. The maximum Gasteiger partial charge on any atom is 0.410 e. The van der Waals surface area contributed by atoms with Gasteiger partial charge >= 0.3 is 6.09 Å². The van der Waals surface area contributed by atoms with E-state index in [9.17, 15) is 4.79 Å². The van der Waals surface area contributed by atoms with Gasteiger partial charge in [0, 0.05) is 18.3 Å². The second-order valence-electron chi connectivity index (χ2n) is 5.63. The Morgan fingerprint density at radius 3 is 2.58 bits per heavy atom. The standard InChI is InChI=1S/C12H21N3O2.C2H6/c1-9-7-10-8-14(5-6-15(10)13-9)11(16)17-12(2,3)4;1-2/h7,9,13H,5-6,8H2,1-4H3;1-2H3. The zero-order valence-corrected chi connectivity index (χ0v) is 13.0. The van der Waals surface area contributed by atoms with Crippen LogP contribution in [0.4, 0.5) is 4.79 Å². The molecule has 0 spiro atoms. The first-order valence-corrected chi connectivity index (χ1v) is 7.07. The highest BCUT2D eigenvalue weighted by Gasteiger charge is 2.31. The summed E-state index contributed by atoms with van der Waals surface area (Å²) < 4.78 is 5.37. The number of fused-ring (bicyclic) bond motifs is 1. The first-order valence-electron chi connectivity index (χ1n) is 7.07. The molecule has 0 saturated carbocycles. The van der Waals surface area contributed by atoms with Crippen LogP contribution in [0.2, 0.25) is 0 Å². The Morgan fingerprint density at radius 2 is 2.00 bits per heavy atom. The summed E-state index contributed by atoms with van der Waals surface area (Å²) in [6.07, 6.45) is 1.92. The van der Waals surface area contributed by atoms with Gasteiger partial charge in [-0.2, -0.15) is 0 Å². The van der Waals surface area contributed by atoms with Crippen molar-refractivity contribution in [2.24, 2.45) is 0 Å². The smallest absolute Gasteiger partial charge is 0.410 e. The Labute approximate surface area is 116 Å². The van der Waals surface area contributed by atoms with Crippen LogP contribution >= 0.6 is 0 Å². The molecule has 1 fully saturated rings. The molecule has 0 aromatic rings. The fourth-order valence-corrected chi connectivity index (χ4v) is 2.07. The summed E-state index contributed by atoms with van der Waals surface area (Å²) >= 11 is 0. The molecule has 5 heteroatoms. The Kier molecular flexibility index (Phi) is 5.23. The minimum Gasteiger partial charge on any atom is -0.444 e. The number of hydrogen-bond acceptors (Lipinski definition) is 4. The molecular weight excluding hydrogens is 242 g/mol. The average molecular weight is 269 g/mol. The van der Waals surface area contributed by atoms with Crippen molar-refractivity contribution in [2.75, 3.05) is 19.6 Å². The largest absolute Gasteiger partial charge is 0.444 e. The van der Waals surface area contributed by atoms with Gasteiger partial charge in [0.05, 0.1) is 13.1 Å². The highest BCUT2D eigenvalue weighted by Crippen LogP contribution is 2.19. The Morgan fingerprint density at radius 1 is 1.37 bits per heavy atom. The van der Waals surface area contributed by atoms with Crippen molar-refractivity contribution >= 4 is 6.09 Å². The molecule has 0 radical (unpaired) electrons. The topological polar surface area (TPSA) is 44.8 Å². The molecule has 2 aliphatic heterocycles. The predicted molar refractivity (Wildman–Crippen MR) is 76.5 cm³/mol. The summed E-state index contributed by atoms with van der Waals surface area (Å²) in [6, 6.07) is 0.351. The van der Waals surface area contributed by atoms with Crippen molar-refractivity contribution in [3.8, 4) is 0 Å². The molecule has 110 valence electrons. The summed E-state index contributed by atoms with van der Waals surface area (Å²) in [5.74, 6) is 0. The number of amides is 1. The lowest BCUT2D eigenvalue weighted by Gasteiger charge is -2.36. The number of nitrogens with one attached hydrogen (secondary N) is 1. The van der Waals surface area contributed by atoms with E-state index in [4.69, 9.17) is 4.74 Å². The summed E-state index contributed by atoms with van der Waals surface area (Å²) in [7, 11) is 0. The first-order chi connectivity index (χ1) is 8.85. The average Bonchev–Trinajstić information content (AvgIpc) is 2.68. The second-order valence-corrected chi connectivity index (χ2v) is 5.63. The van der Waals surface area contributed by atoms with Gasteiger partial charge < -0.3 is 14.6 Å². The van der Waals surface area contributed by atoms with Gasteiger partial charge in [0.25, 0.3) is 0 Å². The van der Waals surface area contributed by atoms with E-state index in [0.717, 1.165) is 12.2 Å². The first kappa shape index (κ1) is 15.8. The zero-order chi connectivity index (χ0) is 14.6. The maximum absolute atomic E-state index is 11.9. The fourth-order valence-electron chi connectivity index (χ4n) is 2.07. The monoisotopic (exact) mass is 269 g/mol. The number of hydrazine groups is 1. The van der Waals surface area contributed by atoms with Gasteiger partial charge in [0.2, 0.25) is 0 Å². The van der Waals surface area contributed by atoms with Gasteiger partial charge in [0.1, 0.15) is 5.60 Å². The minimum absolute atomic E-state index is 0.224. The molecule has 5 nitrogen and oxygen atoms in total. The SMILES string of the molecule is CC.CC1C=C2CN(C(=O)OC(C)(C)C)CCN2N1. The van der Waals surface area contributed by atoms with E-state index in [-0.39, 0.29) is 6.09 Å². The summed E-state index contributed by atoms with van der Waals surface area (Å²) in [4.78, 5) is 13.7. The third kappa shape index (κ3) is 4.42. The number of hydrogen-bond donors (Lipinski definition) is 1. The van der Waals surface area contributed by atoms with E-state index >= 15 is 0 Å². The normalized spacial score (nSPS) is 22.2. The quantitative estimate of drug-likeness (QED) is 0.733. The molecule has 1 amide bonds. The van der Waals surface area contributed by atoms with Crippen molar-refractivity contribution in [2.45, 2.75) is 53.2 Å². The Balaban J connectivity index is 0.000000861. The molecule has 0 aromatic heterocycles. The van der Waals surface area contributed by atoms with Crippen LogP contribution in [0.5, 0.6) is 0 Å². The van der Waals surface area contributed by atoms with Crippen LogP contribution < -0.4 is 5.43 Å². The molecule has 2 rings (SSSR count). The lowest BCUT2D eigenvalue weighted by molar-refractivity contribution is 0.0181. The summed E-state index contributed by atoms with van der Waals surface area (Å²) in [6.45, 7) is 13.9. The third-order valence-electron chi connectivity index (χ3n) is 2.75. The Hall–Kier alpha value is -1.23. The Bertz CT molecular complexity index is 347. The molecule has 1 saturated heterocycles. The minimum atomic E-state index is -0.427. The maximum atomic E-state index is 11.9. The zero-order valence-electron chi connectivity index (χ0n) is 13.0. The van der Waals surface area contributed by atoms with Crippen LogP contribution in [0.3, 0.4) is 0 Å². The van der Waals surface area contributed by atoms with Crippen LogP contribution in [0, 0.1) is 0 Å². The number of piperazine rings is 1. The van der Waals surface area contributed by atoms with Crippen LogP contribution in [-0.4, -0.2) is 47.3 Å². The molecule has 1 atom stereocenters. The summed E-state index contributed by atoms with van der Waals surface area (Å²) in [5.41, 5.74) is 4.06. The van der Waals surface area contributed by atoms with Crippen molar-refractivity contribution in [1.82, 2.24) is 15.3 Å². The highest BCUT2D eigenvalue weighted by molar-refractivity contribution is 5.68. The van der Waals surface area contributed by atoms with Crippen LogP contribution in [-0.2, 0) is 4.74 Å². The van der Waals surface area contributed by atoms with Crippen LogP contribution in [0.15, 0.2) is 11.8 Å². The number of carbonyl (C=O) groups excluding carboxylic acids is 1. The second kappa shape index (κ2) is 6.28. The number of carbonyl (C=O) groups is 1. The van der Waals surface area contributed by atoms with Gasteiger partial charge in [-0.1, -0.05) is 13.8 Å². The van der Waals surface area contributed by atoms with Gasteiger partial charge in [-0.3, -0.25) is 0 Å². The molecular formula is C14H27N3O2. The molecule has 0 bridgehead atoms. The number of nitrogens with zero attached hydrogens (tertiary/aromatic N) is 2. The van der Waals surface area contributed by atoms with E-state index in [0.29, 0.717) is 19.1 Å². The van der Waals surface area contributed by atoms with Crippen molar-refractivity contribution in [1.29, 1.82) is 0 Å². The van der Waals surface area contributed by atoms with E-state index in [1.165, 1.54) is 0 Å². The summed E-state index contributed by atoms with van der Waals surface area (Å²) in [5, 5.41) is 2.12. The fraction of sp³-hybridized carbons (Fsp3) is 0.786. The van der Waals surface area contributed by atoms with Crippen molar-refractivity contribution in [3.05, 3.63) is 11.8 Å². The van der Waals surface area contributed by atoms with Crippen LogP contribution in [0.1, 0.15) is 41.5 Å². The van der Waals surface area contributed by atoms with E-state index in [2.05, 4.69) is 23.4 Å². The number of rotatable bonds is 0. The highest BCUT2D eigenvalue weighted by atomic mass is 16.6. The molecule has 19 heavy (non-hydrogen) atoms. The van der Waals surface area contributed by atoms with Gasteiger partial charge in [-0.15, -0.1) is 0 Å². The van der Waals surface area contributed by atoms with Crippen LogP contribution in [0.25, 0.3) is 0 Å². The molecule has 1 unspecified atom stereocenters. The molecule has 0 aromatic carbocycles.